The summed E-state index contributed by atoms with van der Waals surface area (Å²) in [4.78, 5) is 0. The van der Waals surface area contributed by atoms with Gasteiger partial charge in [-0.25, -0.2) is 8.78 Å². The lowest BCUT2D eigenvalue weighted by atomic mass is 10.1. The van der Waals surface area contributed by atoms with Crippen LogP contribution in [-0.2, 0) is 0 Å². The lowest BCUT2D eigenvalue weighted by Crippen LogP contribution is -2.13. The number of nitrogens with zero attached hydrogens (tertiary/aromatic N) is 1. The minimum Gasteiger partial charge on any atom is -0.387 e. The highest BCUT2D eigenvalue weighted by Crippen LogP contribution is 2.20. The Labute approximate surface area is 121 Å². The molecule has 0 aliphatic heterocycles. The Kier molecular flexibility index (Phi) is 4.51. The normalized spacial score (nSPS) is 11.8. The summed E-state index contributed by atoms with van der Waals surface area (Å²) in [6.45, 7) is 1.99. The van der Waals surface area contributed by atoms with Crippen molar-refractivity contribution in [2.75, 3.05) is 11.9 Å². The van der Waals surface area contributed by atoms with Crippen LogP contribution in [0.25, 0.3) is 0 Å². The van der Waals surface area contributed by atoms with Crippen LogP contribution in [0.5, 0.6) is 0 Å². The first-order chi connectivity index (χ1) is 10.0. The second kappa shape index (κ2) is 6.33. The molecule has 2 aromatic rings. The van der Waals surface area contributed by atoms with E-state index in [2.05, 4.69) is 5.32 Å². The van der Waals surface area contributed by atoms with Gasteiger partial charge in [-0.2, -0.15) is 5.26 Å². The van der Waals surface area contributed by atoms with Crippen LogP contribution in [0.2, 0.25) is 0 Å². The summed E-state index contributed by atoms with van der Waals surface area (Å²) in [5.74, 6) is -1.94. The van der Waals surface area contributed by atoms with Crippen molar-refractivity contribution in [1.29, 1.82) is 5.26 Å². The van der Waals surface area contributed by atoms with Gasteiger partial charge in [0.2, 0.25) is 0 Å². The van der Waals surface area contributed by atoms with Gasteiger partial charge in [0.15, 0.2) is 11.6 Å². The maximum Gasteiger partial charge on any atom is 0.159 e. The van der Waals surface area contributed by atoms with Crippen molar-refractivity contribution in [2.24, 2.45) is 0 Å². The first-order valence-corrected chi connectivity index (χ1v) is 6.39. The molecule has 0 aliphatic carbocycles. The van der Waals surface area contributed by atoms with Gasteiger partial charge in [-0.1, -0.05) is 12.1 Å². The van der Waals surface area contributed by atoms with Crippen LogP contribution >= 0.6 is 0 Å². The van der Waals surface area contributed by atoms with Crippen molar-refractivity contribution in [3.8, 4) is 6.07 Å². The number of anilines is 1. The van der Waals surface area contributed by atoms with Crippen LogP contribution in [0.1, 0.15) is 22.8 Å². The van der Waals surface area contributed by atoms with E-state index in [0.29, 0.717) is 5.56 Å². The van der Waals surface area contributed by atoms with Crippen LogP contribution in [0.3, 0.4) is 0 Å². The summed E-state index contributed by atoms with van der Waals surface area (Å²) in [6.07, 6.45) is -0.981. The molecule has 0 amide bonds. The number of nitriles is 1. The van der Waals surface area contributed by atoms with E-state index in [-0.39, 0.29) is 12.1 Å². The van der Waals surface area contributed by atoms with Gasteiger partial charge >= 0.3 is 0 Å². The standard InChI is InChI=1S/C16H14F2N2O/c1-10-2-3-11(8-19)6-15(10)20-9-16(21)12-4-5-13(17)14(18)7-12/h2-7,16,20-21H,9H2,1H3. The van der Waals surface area contributed by atoms with E-state index in [1.54, 1.807) is 18.2 Å². The monoisotopic (exact) mass is 288 g/mol. The highest BCUT2D eigenvalue weighted by atomic mass is 19.2. The number of aryl methyl sites for hydroxylation is 1. The van der Waals surface area contributed by atoms with E-state index in [9.17, 15) is 13.9 Å². The molecular formula is C16H14F2N2O. The number of rotatable bonds is 4. The second-order valence-electron chi connectivity index (χ2n) is 4.71. The van der Waals surface area contributed by atoms with Crippen molar-refractivity contribution in [3.63, 3.8) is 0 Å². The van der Waals surface area contributed by atoms with Gasteiger partial charge in [-0.15, -0.1) is 0 Å². The minimum atomic E-state index is -0.991. The third-order valence-electron chi connectivity index (χ3n) is 3.18. The minimum absolute atomic E-state index is 0.126. The van der Waals surface area contributed by atoms with E-state index in [1.165, 1.54) is 6.07 Å². The fourth-order valence-corrected chi connectivity index (χ4v) is 1.93. The zero-order valence-corrected chi connectivity index (χ0v) is 11.4. The molecule has 0 aromatic heterocycles. The maximum atomic E-state index is 13.1. The smallest absolute Gasteiger partial charge is 0.159 e. The summed E-state index contributed by atoms with van der Waals surface area (Å²) in [5, 5.41) is 21.9. The van der Waals surface area contributed by atoms with Crippen LogP contribution in [0.15, 0.2) is 36.4 Å². The zero-order chi connectivity index (χ0) is 15.4. The summed E-state index contributed by atoms with van der Waals surface area (Å²) in [7, 11) is 0. The largest absolute Gasteiger partial charge is 0.387 e. The molecule has 2 N–H and O–H groups in total. The molecule has 2 aromatic carbocycles. The topological polar surface area (TPSA) is 56.0 Å². The summed E-state index contributed by atoms with van der Waals surface area (Å²) in [6, 6.07) is 10.5. The first-order valence-electron chi connectivity index (χ1n) is 6.39. The van der Waals surface area contributed by atoms with E-state index in [1.807, 2.05) is 13.0 Å². The first kappa shape index (κ1) is 14.9. The number of hydrogen-bond donors (Lipinski definition) is 2. The van der Waals surface area contributed by atoms with E-state index in [0.717, 1.165) is 23.4 Å². The molecule has 0 saturated carbocycles. The summed E-state index contributed by atoms with van der Waals surface area (Å²) >= 11 is 0. The molecule has 1 atom stereocenters. The number of halogens is 2. The van der Waals surface area contributed by atoms with Gasteiger partial charge in [0.05, 0.1) is 17.7 Å². The predicted octanol–water partition coefficient (Wildman–Crippen LogP) is 3.29. The average Bonchev–Trinajstić information content (AvgIpc) is 2.49. The van der Waals surface area contributed by atoms with Gasteiger partial charge in [-0.05, 0) is 42.3 Å². The van der Waals surface area contributed by atoms with Gasteiger partial charge in [0, 0.05) is 12.2 Å². The third kappa shape index (κ3) is 3.56. The van der Waals surface area contributed by atoms with E-state index < -0.39 is 17.7 Å². The third-order valence-corrected chi connectivity index (χ3v) is 3.18. The van der Waals surface area contributed by atoms with Gasteiger partial charge in [0.1, 0.15) is 0 Å². The van der Waals surface area contributed by atoms with Gasteiger partial charge in [0.25, 0.3) is 0 Å². The fraction of sp³-hybridized carbons (Fsp3) is 0.188. The second-order valence-corrected chi connectivity index (χ2v) is 4.71. The molecule has 5 heteroatoms. The quantitative estimate of drug-likeness (QED) is 0.907. The number of benzene rings is 2. The van der Waals surface area contributed by atoms with E-state index in [4.69, 9.17) is 5.26 Å². The predicted molar refractivity (Wildman–Crippen MR) is 75.7 cm³/mol. The molecule has 0 heterocycles. The van der Waals surface area contributed by atoms with Crippen molar-refractivity contribution in [3.05, 3.63) is 64.7 Å². The van der Waals surface area contributed by atoms with E-state index >= 15 is 0 Å². The molecule has 0 spiro atoms. The highest BCUT2D eigenvalue weighted by molar-refractivity contribution is 5.55. The lowest BCUT2D eigenvalue weighted by molar-refractivity contribution is 0.191. The number of aliphatic hydroxyl groups excluding tert-OH is 1. The Morgan fingerprint density at radius 3 is 2.62 bits per heavy atom. The Hall–Kier alpha value is -2.45. The molecule has 1 unspecified atom stereocenters. The van der Waals surface area contributed by atoms with Crippen molar-refractivity contribution < 1.29 is 13.9 Å². The molecule has 3 nitrogen and oxygen atoms in total. The molecule has 0 aliphatic rings. The highest BCUT2D eigenvalue weighted by Gasteiger charge is 2.11. The Balaban J connectivity index is 2.09. The van der Waals surface area contributed by atoms with Crippen molar-refractivity contribution in [1.82, 2.24) is 0 Å². The van der Waals surface area contributed by atoms with Crippen LogP contribution in [0, 0.1) is 29.9 Å². The average molecular weight is 288 g/mol. The number of nitrogens with one attached hydrogen (secondary N) is 1. The Morgan fingerprint density at radius 1 is 1.19 bits per heavy atom. The van der Waals surface area contributed by atoms with Crippen molar-refractivity contribution >= 4 is 5.69 Å². The van der Waals surface area contributed by atoms with Crippen LogP contribution in [-0.4, -0.2) is 11.7 Å². The van der Waals surface area contributed by atoms with Gasteiger partial charge in [-0.3, -0.25) is 0 Å². The number of hydrogen-bond acceptors (Lipinski definition) is 3. The number of aliphatic hydroxyl groups is 1. The molecule has 0 radical (unpaired) electrons. The lowest BCUT2D eigenvalue weighted by Gasteiger charge is -2.15. The molecule has 0 saturated heterocycles. The van der Waals surface area contributed by atoms with Crippen LogP contribution in [0.4, 0.5) is 14.5 Å². The molecule has 0 bridgehead atoms. The molecule has 21 heavy (non-hydrogen) atoms. The molecule has 108 valence electrons. The summed E-state index contributed by atoms with van der Waals surface area (Å²) < 4.78 is 26.0. The molecule has 2 rings (SSSR count). The maximum absolute atomic E-state index is 13.1. The zero-order valence-electron chi connectivity index (χ0n) is 11.4. The fourth-order valence-electron chi connectivity index (χ4n) is 1.93. The summed E-state index contributed by atoms with van der Waals surface area (Å²) in [5.41, 5.74) is 2.43. The van der Waals surface area contributed by atoms with Crippen molar-refractivity contribution in [2.45, 2.75) is 13.0 Å². The van der Waals surface area contributed by atoms with Gasteiger partial charge < -0.3 is 10.4 Å². The Morgan fingerprint density at radius 2 is 1.95 bits per heavy atom. The molecule has 0 fully saturated rings. The Bertz CT molecular complexity index is 695. The SMILES string of the molecule is Cc1ccc(C#N)cc1NCC(O)c1ccc(F)c(F)c1. The van der Waals surface area contributed by atoms with Crippen LogP contribution < -0.4 is 5.32 Å². The molecular weight excluding hydrogens is 274 g/mol.